The average molecular weight is 1880 g/mol. The molecule has 10 aliphatic heterocycles. The van der Waals surface area contributed by atoms with Crippen LogP contribution in [0.3, 0.4) is 0 Å². The summed E-state index contributed by atoms with van der Waals surface area (Å²) in [5, 5.41) is 69.3. The molecule has 0 saturated carbocycles. The fourth-order valence-electron chi connectivity index (χ4n) is 15.1. The van der Waals surface area contributed by atoms with Gasteiger partial charge in [-0.1, -0.05) is 90.0 Å². The summed E-state index contributed by atoms with van der Waals surface area (Å²) < 4.78 is 127. The maximum Gasteiger partial charge on any atom is 0.303 e. The van der Waals surface area contributed by atoms with Gasteiger partial charge in [0.05, 0.1) is 91.9 Å². The number of nitrogens with zero attached hydrogens (tertiary/aromatic N) is 2. The van der Waals surface area contributed by atoms with Gasteiger partial charge >= 0.3 is 5.97 Å². The third kappa shape index (κ3) is 30.9. The van der Waals surface area contributed by atoms with Crippen molar-refractivity contribution in [2.24, 2.45) is 5.92 Å². The van der Waals surface area contributed by atoms with Crippen LogP contribution < -0.4 is 0 Å². The molecule has 10 aliphatic rings. The van der Waals surface area contributed by atoms with Crippen molar-refractivity contribution in [3.05, 3.63) is 37.0 Å². The van der Waals surface area contributed by atoms with Crippen molar-refractivity contribution in [3.8, 4) is 0 Å². The molecule has 32 nitrogen and oxygen atoms in total. The van der Waals surface area contributed by atoms with Crippen molar-refractivity contribution in [2.75, 3.05) is 56.6 Å². The lowest BCUT2D eigenvalue weighted by atomic mass is 9.89. The zero-order valence-corrected chi connectivity index (χ0v) is 89.0. The van der Waals surface area contributed by atoms with Crippen molar-refractivity contribution < 1.29 is 144 Å². The van der Waals surface area contributed by atoms with Gasteiger partial charge in [-0.3, -0.25) is 4.79 Å². The third-order valence-corrected chi connectivity index (χ3v) is 45.0. The highest BCUT2D eigenvalue weighted by Crippen LogP contribution is 2.46. The molecule has 0 amide bonds. The van der Waals surface area contributed by atoms with E-state index >= 15 is 0 Å². The van der Waals surface area contributed by atoms with Gasteiger partial charge in [-0.25, -0.2) is 0 Å². The maximum absolute atomic E-state index is 11.7. The van der Waals surface area contributed by atoms with Crippen LogP contribution in [0.2, 0.25) is 72.5 Å². The third-order valence-electron chi connectivity index (χ3n) is 27.1. The lowest BCUT2D eigenvalue weighted by Gasteiger charge is -2.48. The van der Waals surface area contributed by atoms with Gasteiger partial charge in [-0.2, -0.15) is 0 Å². The number of aliphatic hydroxyl groups excluding tert-OH is 7. The summed E-state index contributed by atoms with van der Waals surface area (Å²) in [6, 6.07) is -0.328. The number of carbonyl (C=O) groups is 1. The van der Waals surface area contributed by atoms with Gasteiger partial charge < -0.3 is 149 Å². The molecule has 0 aromatic heterocycles. The molecule has 7 saturated heterocycles. The molecule has 7 N–H and O–H groups in total. The number of aliphatic hydroxyl groups is 7. The quantitative estimate of drug-likeness (QED) is 0.0525. The lowest BCUT2D eigenvalue weighted by Crippen LogP contribution is -2.65. The highest BCUT2D eigenvalue weighted by Gasteiger charge is 2.59. The van der Waals surface area contributed by atoms with Crippen molar-refractivity contribution in [1.29, 1.82) is 0 Å². The minimum atomic E-state index is -2.06. The largest absolute Gasteiger partial charge is 0.496 e. The molecule has 0 aromatic rings. The second kappa shape index (κ2) is 47.1. The summed E-state index contributed by atoms with van der Waals surface area (Å²) in [5.74, 6) is -1.62. The van der Waals surface area contributed by atoms with Crippen LogP contribution in [0, 0.1) is 5.92 Å². The number of hydrogen-bond acceptors (Lipinski definition) is 32. The highest BCUT2D eigenvalue weighted by atomic mass is 28.4. The predicted molar refractivity (Wildman–Crippen MR) is 491 cm³/mol. The monoisotopic (exact) mass is 1880 g/mol. The van der Waals surface area contributed by atoms with Crippen LogP contribution >= 0.6 is 0 Å². The Morgan fingerprint density at radius 2 is 0.738 bits per heavy atom. The van der Waals surface area contributed by atoms with E-state index in [-0.39, 0.29) is 136 Å². The minimum absolute atomic E-state index is 0.00430. The van der Waals surface area contributed by atoms with Crippen LogP contribution in [0.4, 0.5) is 0 Å². The number of esters is 1. The van der Waals surface area contributed by atoms with E-state index in [0.717, 1.165) is 0 Å². The summed E-state index contributed by atoms with van der Waals surface area (Å²) in [6.07, 6.45) is -3.48. The molecule has 36 heteroatoms. The Morgan fingerprint density at radius 1 is 0.365 bits per heavy atom. The Hall–Kier alpha value is -2.12. The first-order valence-corrected chi connectivity index (χ1v) is 56.7. The van der Waals surface area contributed by atoms with Crippen molar-refractivity contribution >= 4 is 39.2 Å². The Kier molecular flexibility index (Phi) is 43.4. The molecule has 0 aromatic carbocycles. The number of rotatable bonds is 17. The van der Waals surface area contributed by atoms with Gasteiger partial charge in [0.25, 0.3) is 0 Å². The van der Waals surface area contributed by atoms with E-state index < -0.39 is 137 Å². The Labute approximate surface area is 761 Å². The summed E-state index contributed by atoms with van der Waals surface area (Å²) in [7, 11) is 6.77. The molecule has 5 unspecified atom stereocenters. The molecule has 0 bridgehead atoms. The molecule has 34 atom stereocenters. The second-order valence-electron chi connectivity index (χ2n) is 42.7. The normalized spacial score (nSPS) is 39.3. The molecule has 0 spiro atoms. The smallest absolute Gasteiger partial charge is 0.303 e. The average Bonchev–Trinajstić information content (AvgIpc) is 1.55. The molecule has 7 fully saturated rings. The summed E-state index contributed by atoms with van der Waals surface area (Å²) in [4.78, 5) is 15.6. The highest BCUT2D eigenvalue weighted by molar-refractivity contribution is 6.75. The van der Waals surface area contributed by atoms with E-state index in [1.165, 1.54) is 26.4 Å². The molecule has 126 heavy (non-hydrogen) atoms. The van der Waals surface area contributed by atoms with E-state index in [9.17, 15) is 30.3 Å². The molecule has 10 rings (SSSR count). The van der Waals surface area contributed by atoms with Crippen LogP contribution in [0.1, 0.15) is 187 Å². The number of carbonyl (C=O) groups excluding carboxylic acids is 1. The predicted octanol–water partition coefficient (Wildman–Crippen LogP) is 11.4. The van der Waals surface area contributed by atoms with E-state index in [1.54, 1.807) is 47.7 Å². The molecule has 10 heterocycles. The van der Waals surface area contributed by atoms with E-state index in [1.807, 2.05) is 112 Å². The number of hydrogen-bond donors (Lipinski definition) is 7. The first kappa shape index (κ1) is 116. The van der Waals surface area contributed by atoms with Gasteiger partial charge in [0.15, 0.2) is 76.1 Å². The zero-order valence-electron chi connectivity index (χ0n) is 85.0. The fraction of sp³-hybridized carbons (Fsp3) is 0.922. The Morgan fingerprint density at radius 3 is 1.17 bits per heavy atom. The standard InChI is InChI=1S/C20H35NO9.C15H32O3Si.C13H28O5Si.C13H26O3Si.C12H24O3Si.C11H21NO4.C6H10O3/c1-9-14(12(21(6)7)16-19(26-9)30-20(4,5)29-16)28-18-17(27-11(3)22)13(23)15(24-8)10(2)25-18;1-10-11(2)17-12(3)14(16-7)13(10)18-19(8,9)15(4,5)6;1-8-10(16-5)11(9(14)12(15)17-8)18-19(6,7)13(2,3)4;1-10-12(14-5)11(8-9-15-10)16-17(6,7)13(2,3)4;1-9-11(13)10(7-8-14-9)15-16(5,6)12(2,3)4;1-6-8(13)7(12(4)5)9-10(14-6)16-11(2,3)15-9;1-4-6(8)5(7)2-3-9-4/h9-10,12-19,23H,1-8H3;10-14H,1-9H3;8-12,14-15H,1-7H3;8-12H,1-7H3;7-11,13H,1-6H3;6-10,13H,1-5H3;2-8H,1H3/t9-,10-,12?,13+,14-,15-,16-,17-,18?,19+;10-,11?,12+,13+,14+;8-,9-,10-,11-,12?;10-,11-,12-;9-,10-,11-;6-,7?,8-,9-,10+;4-,5-,6-/m1011111/s1. The number of fused-ring (bicyclic) bond motifs is 2. The number of methoxy groups -OCH3 is 4. The first-order chi connectivity index (χ1) is 57.3. The number of ether oxygens (including phenoxy) is 18. The van der Waals surface area contributed by atoms with Gasteiger partial charge in [0.1, 0.15) is 97.7 Å². The topological polar surface area (TPSA) is 368 Å². The summed E-state index contributed by atoms with van der Waals surface area (Å²) in [5.41, 5.74) is 0. The van der Waals surface area contributed by atoms with Crippen LogP contribution in [0.5, 0.6) is 0 Å². The van der Waals surface area contributed by atoms with Crippen LogP contribution in [0.15, 0.2) is 37.0 Å². The zero-order chi connectivity index (χ0) is 97.2. The van der Waals surface area contributed by atoms with Crippen molar-refractivity contribution in [2.45, 2.75) is 473 Å². The lowest BCUT2D eigenvalue weighted by molar-refractivity contribution is -0.335. The molecular weight excluding hydrogens is 1700 g/mol. The molecular formula is C90H176N2O30Si4. The van der Waals surface area contributed by atoms with Crippen molar-refractivity contribution in [3.63, 3.8) is 0 Å². The van der Waals surface area contributed by atoms with Crippen molar-refractivity contribution in [1.82, 2.24) is 9.80 Å². The summed E-state index contributed by atoms with van der Waals surface area (Å²) >= 11 is 0. The van der Waals surface area contributed by atoms with E-state index in [4.69, 9.17) is 113 Å². The summed E-state index contributed by atoms with van der Waals surface area (Å²) in [6.45, 7) is 72.2. The van der Waals surface area contributed by atoms with Crippen LogP contribution in [0.25, 0.3) is 0 Å². The first-order valence-electron chi connectivity index (χ1n) is 45.0. The number of likely N-dealkylation sites (N-methyl/N-ethyl adjacent to an activating group) is 2. The van der Waals surface area contributed by atoms with Gasteiger partial charge in [0, 0.05) is 41.3 Å². The van der Waals surface area contributed by atoms with E-state index in [0.29, 0.717) is 5.92 Å². The van der Waals surface area contributed by atoms with Gasteiger partial charge in [-0.05, 0) is 209 Å². The minimum Gasteiger partial charge on any atom is -0.496 e. The fourth-order valence-corrected chi connectivity index (χ4v) is 20.3. The van der Waals surface area contributed by atoms with Crippen LogP contribution in [-0.2, 0) is 108 Å². The molecule has 742 valence electrons. The maximum atomic E-state index is 11.7. The SMILES string of the molecule is CO[C@@H]1[C@@H](C)OC=C[C@H]1O[Si](C)(C)C(C)(C)C.CO[C@H]1[C@H](O)[C@@H](OC(C)=O)C(O[C@H]2C(N(C)C)[C@H]3OC(C)(C)O[C@@H]3O[C@@H]2C)O[C@@H]1C.CO[C@H]1[C@H](O[Si](C)(C)C(C)(C)C)[C@@H](C)C(C)O[C@@H]1C.CO[C@H]1[C@H](O[Si](C)(C)C(C)(C)C)[C@@H](O)C(O)O[C@@H]1C.C[C@H]1OC=C[C@@H](O)[C@@H]1O.C[C@H]1OC=C[C@@H](O[Si](C)(C)C(C)(C)C)[C@@H]1O.C[C@H]1O[C@H]2OC(C)(C)O[C@@H]2C(N(C)C)[C@@H]1O. The second-order valence-corrected chi connectivity index (χ2v) is 61.7. The van der Waals surface area contributed by atoms with Gasteiger partial charge in [0.2, 0.25) is 0 Å². The van der Waals surface area contributed by atoms with Crippen LogP contribution in [-0.4, -0.2) is 355 Å². The molecule has 0 aliphatic carbocycles. The molecule has 0 radical (unpaired) electrons. The Balaban J connectivity index is 0.000000315. The van der Waals surface area contributed by atoms with Gasteiger partial charge in [-0.15, -0.1) is 0 Å². The Bertz CT molecular complexity index is 3250. The van der Waals surface area contributed by atoms with E-state index in [2.05, 4.69) is 156 Å².